The maximum absolute atomic E-state index is 12.7. The first kappa shape index (κ1) is 15.6. The van der Waals surface area contributed by atoms with E-state index in [1.807, 2.05) is 29.2 Å². The molecule has 0 bridgehead atoms. The lowest BCUT2D eigenvalue weighted by molar-refractivity contribution is -0.135. The highest BCUT2D eigenvalue weighted by Crippen LogP contribution is 2.32. The number of carbonyl (C=O) groups excluding carboxylic acids is 1. The third-order valence-corrected chi connectivity index (χ3v) is 5.24. The van der Waals surface area contributed by atoms with Crippen LogP contribution in [0.15, 0.2) is 41.8 Å². The van der Waals surface area contributed by atoms with Crippen molar-refractivity contribution in [1.29, 1.82) is 0 Å². The van der Waals surface area contributed by atoms with Gasteiger partial charge in [-0.2, -0.15) is 0 Å². The lowest BCUT2D eigenvalue weighted by atomic mass is 10.1. The lowest BCUT2D eigenvalue weighted by Gasteiger charge is -2.29. The largest absolute Gasteiger partial charge is 0.335 e. The average Bonchev–Trinajstić information content (AvgIpc) is 3.24. The zero-order valence-corrected chi connectivity index (χ0v) is 14.2. The molecule has 116 valence electrons. The molecule has 1 aromatic heterocycles. The number of hydrogen-bond donors (Lipinski definition) is 0. The van der Waals surface area contributed by atoms with Crippen molar-refractivity contribution in [2.75, 3.05) is 0 Å². The van der Waals surface area contributed by atoms with Crippen LogP contribution in [0.3, 0.4) is 0 Å². The van der Waals surface area contributed by atoms with Crippen LogP contribution in [0.2, 0.25) is 5.02 Å². The summed E-state index contributed by atoms with van der Waals surface area (Å²) in [5, 5.41) is 2.82. The zero-order chi connectivity index (χ0) is 15.5. The SMILES string of the molecule is C[C@H](Cc1cccs1)N(Cc1ccc(Cl)cc1)C(=O)C1CC1. The van der Waals surface area contributed by atoms with E-state index in [1.54, 1.807) is 11.3 Å². The van der Waals surface area contributed by atoms with Gasteiger partial charge in [-0.1, -0.05) is 29.8 Å². The fraction of sp³-hybridized carbons (Fsp3) is 0.389. The quantitative estimate of drug-likeness (QED) is 0.745. The van der Waals surface area contributed by atoms with E-state index in [-0.39, 0.29) is 12.0 Å². The molecule has 2 nitrogen and oxygen atoms in total. The Morgan fingerprint density at radius 3 is 2.64 bits per heavy atom. The van der Waals surface area contributed by atoms with Gasteiger partial charge in [0.1, 0.15) is 0 Å². The maximum Gasteiger partial charge on any atom is 0.226 e. The van der Waals surface area contributed by atoms with Gasteiger partial charge in [-0.05, 0) is 48.9 Å². The number of amides is 1. The molecule has 1 heterocycles. The Morgan fingerprint density at radius 1 is 1.32 bits per heavy atom. The summed E-state index contributed by atoms with van der Waals surface area (Å²) in [5.74, 6) is 0.553. The van der Waals surface area contributed by atoms with Crippen LogP contribution >= 0.6 is 22.9 Å². The van der Waals surface area contributed by atoms with Gasteiger partial charge in [-0.15, -0.1) is 11.3 Å². The fourth-order valence-electron chi connectivity index (χ4n) is 2.63. The number of thiophene rings is 1. The number of hydrogen-bond acceptors (Lipinski definition) is 2. The fourth-order valence-corrected chi connectivity index (χ4v) is 3.58. The second-order valence-electron chi connectivity index (χ2n) is 6.00. The van der Waals surface area contributed by atoms with E-state index in [0.717, 1.165) is 29.8 Å². The number of carbonyl (C=O) groups is 1. The monoisotopic (exact) mass is 333 g/mol. The molecule has 1 amide bonds. The predicted octanol–water partition coefficient (Wildman–Crippen LogP) is 4.77. The van der Waals surface area contributed by atoms with Gasteiger partial charge < -0.3 is 4.90 Å². The van der Waals surface area contributed by atoms with Gasteiger partial charge in [-0.3, -0.25) is 4.79 Å². The van der Waals surface area contributed by atoms with Gasteiger partial charge in [-0.25, -0.2) is 0 Å². The molecule has 3 rings (SSSR count). The summed E-state index contributed by atoms with van der Waals surface area (Å²) in [6, 6.07) is 12.2. The summed E-state index contributed by atoms with van der Waals surface area (Å²) in [5.41, 5.74) is 1.14. The summed E-state index contributed by atoms with van der Waals surface area (Å²) >= 11 is 7.71. The van der Waals surface area contributed by atoms with Crippen LogP contribution in [0.4, 0.5) is 0 Å². The highest BCUT2D eigenvalue weighted by atomic mass is 35.5. The van der Waals surface area contributed by atoms with Gasteiger partial charge in [0.05, 0.1) is 0 Å². The van der Waals surface area contributed by atoms with E-state index < -0.39 is 0 Å². The Kier molecular flexibility index (Phi) is 4.84. The van der Waals surface area contributed by atoms with Crippen molar-refractivity contribution in [3.63, 3.8) is 0 Å². The van der Waals surface area contributed by atoms with E-state index >= 15 is 0 Å². The molecule has 2 aromatic rings. The van der Waals surface area contributed by atoms with E-state index in [9.17, 15) is 4.79 Å². The van der Waals surface area contributed by atoms with Crippen molar-refractivity contribution in [1.82, 2.24) is 4.90 Å². The van der Waals surface area contributed by atoms with Gasteiger partial charge >= 0.3 is 0 Å². The topological polar surface area (TPSA) is 20.3 Å². The van der Waals surface area contributed by atoms with Gasteiger partial charge in [0.25, 0.3) is 0 Å². The lowest BCUT2D eigenvalue weighted by Crippen LogP contribution is -2.40. The first-order valence-corrected chi connectivity index (χ1v) is 8.96. The average molecular weight is 334 g/mol. The van der Waals surface area contributed by atoms with Crippen molar-refractivity contribution in [3.8, 4) is 0 Å². The smallest absolute Gasteiger partial charge is 0.226 e. The molecule has 1 aliphatic carbocycles. The molecule has 1 aromatic carbocycles. The molecule has 0 unspecified atom stereocenters. The van der Waals surface area contributed by atoms with Crippen molar-refractivity contribution in [2.24, 2.45) is 5.92 Å². The van der Waals surface area contributed by atoms with Crippen LogP contribution in [-0.2, 0) is 17.8 Å². The van der Waals surface area contributed by atoms with Crippen molar-refractivity contribution in [2.45, 2.75) is 38.8 Å². The molecule has 1 atom stereocenters. The van der Waals surface area contributed by atoms with Gasteiger partial charge in [0, 0.05) is 34.8 Å². The second kappa shape index (κ2) is 6.84. The normalized spacial score (nSPS) is 15.5. The van der Waals surface area contributed by atoms with Crippen LogP contribution in [0.1, 0.15) is 30.2 Å². The summed E-state index contributed by atoms with van der Waals surface area (Å²) in [6.45, 7) is 2.81. The Labute approximate surface area is 140 Å². The molecule has 0 radical (unpaired) electrons. The minimum absolute atomic E-state index is 0.211. The Morgan fingerprint density at radius 2 is 2.05 bits per heavy atom. The van der Waals surface area contributed by atoms with Crippen molar-refractivity contribution in [3.05, 3.63) is 57.2 Å². The van der Waals surface area contributed by atoms with E-state index in [0.29, 0.717) is 12.5 Å². The first-order valence-electron chi connectivity index (χ1n) is 7.71. The minimum atomic E-state index is 0.211. The molecule has 1 saturated carbocycles. The van der Waals surface area contributed by atoms with Gasteiger partial charge in [0.2, 0.25) is 5.91 Å². The third kappa shape index (κ3) is 3.90. The number of nitrogens with zero attached hydrogens (tertiary/aromatic N) is 1. The number of halogens is 1. The Balaban J connectivity index is 1.73. The molecule has 22 heavy (non-hydrogen) atoms. The standard InChI is InChI=1S/C18H20ClNOS/c1-13(11-17-3-2-10-22-17)20(18(21)15-6-7-15)12-14-4-8-16(19)9-5-14/h2-5,8-10,13,15H,6-7,11-12H2,1H3/t13-/m1/s1. The third-order valence-electron chi connectivity index (χ3n) is 4.08. The predicted molar refractivity (Wildman–Crippen MR) is 92.2 cm³/mol. The van der Waals surface area contributed by atoms with Crippen LogP contribution < -0.4 is 0 Å². The summed E-state index contributed by atoms with van der Waals surface area (Å²) in [7, 11) is 0. The van der Waals surface area contributed by atoms with Crippen molar-refractivity contribution >= 4 is 28.8 Å². The summed E-state index contributed by atoms with van der Waals surface area (Å²) in [4.78, 5) is 16.0. The van der Waals surface area contributed by atoms with Crippen LogP contribution in [0.5, 0.6) is 0 Å². The number of rotatable bonds is 6. The molecule has 4 heteroatoms. The van der Waals surface area contributed by atoms with E-state index in [4.69, 9.17) is 11.6 Å². The highest BCUT2D eigenvalue weighted by molar-refractivity contribution is 7.09. The molecule has 0 saturated heterocycles. The van der Waals surface area contributed by atoms with Crippen LogP contribution in [0.25, 0.3) is 0 Å². The van der Waals surface area contributed by atoms with E-state index in [1.165, 1.54) is 4.88 Å². The molecule has 1 fully saturated rings. The van der Waals surface area contributed by atoms with Crippen LogP contribution in [-0.4, -0.2) is 16.8 Å². The summed E-state index contributed by atoms with van der Waals surface area (Å²) < 4.78 is 0. The van der Waals surface area contributed by atoms with Crippen molar-refractivity contribution < 1.29 is 4.79 Å². The highest BCUT2D eigenvalue weighted by Gasteiger charge is 2.35. The molecule has 0 N–H and O–H groups in total. The molecule has 0 spiro atoms. The maximum atomic E-state index is 12.7. The number of benzene rings is 1. The van der Waals surface area contributed by atoms with E-state index in [2.05, 4.69) is 24.4 Å². The molecule has 1 aliphatic rings. The van der Waals surface area contributed by atoms with Gasteiger partial charge in [0.15, 0.2) is 0 Å². The minimum Gasteiger partial charge on any atom is -0.335 e. The summed E-state index contributed by atoms with van der Waals surface area (Å²) in [6.07, 6.45) is 3.01. The first-order chi connectivity index (χ1) is 10.6. The second-order valence-corrected chi connectivity index (χ2v) is 7.47. The molecular formula is C18H20ClNOS. The van der Waals surface area contributed by atoms with Crippen LogP contribution in [0, 0.1) is 5.92 Å². The molecule has 0 aliphatic heterocycles. The zero-order valence-electron chi connectivity index (χ0n) is 12.7. The Hall–Kier alpha value is -1.32. The molecular weight excluding hydrogens is 314 g/mol. The Bertz CT molecular complexity index is 619.